The van der Waals surface area contributed by atoms with Gasteiger partial charge in [0, 0.05) is 28.2 Å². The molecule has 0 heterocycles. The predicted molar refractivity (Wildman–Crippen MR) is 93.5 cm³/mol. The van der Waals surface area contributed by atoms with E-state index in [0.717, 1.165) is 18.6 Å². The molecule has 2 aromatic carbocycles. The van der Waals surface area contributed by atoms with Crippen LogP contribution in [0.15, 0.2) is 59.5 Å². The molecule has 0 atom stereocenters. The summed E-state index contributed by atoms with van der Waals surface area (Å²) < 4.78 is 0. The highest BCUT2D eigenvalue weighted by atomic mass is 32.2. The summed E-state index contributed by atoms with van der Waals surface area (Å²) in [6.45, 7) is 0.719. The lowest BCUT2D eigenvalue weighted by Crippen LogP contribution is -2.31. The number of thioether (sulfide) groups is 1. The van der Waals surface area contributed by atoms with Crippen LogP contribution in [0.1, 0.15) is 28.8 Å². The molecule has 1 aliphatic rings. The summed E-state index contributed by atoms with van der Waals surface area (Å²) in [6, 6.07) is 18.0. The van der Waals surface area contributed by atoms with Crippen molar-refractivity contribution < 1.29 is 9.90 Å². The maximum atomic E-state index is 12.1. The molecule has 3 nitrogen and oxygen atoms in total. The molecular weight excluding hydrogens is 306 g/mol. The number of hydrogen-bond acceptors (Lipinski definition) is 3. The van der Waals surface area contributed by atoms with E-state index in [1.165, 1.54) is 10.5 Å². The highest BCUT2D eigenvalue weighted by Crippen LogP contribution is 2.44. The van der Waals surface area contributed by atoms with E-state index >= 15 is 0 Å². The van der Waals surface area contributed by atoms with Gasteiger partial charge in [-0.3, -0.25) is 4.79 Å². The summed E-state index contributed by atoms with van der Waals surface area (Å²) in [5.41, 5.74) is 1.82. The molecule has 0 radical (unpaired) electrons. The summed E-state index contributed by atoms with van der Waals surface area (Å²) in [6.07, 6.45) is 2.00. The Morgan fingerprint density at radius 2 is 1.78 bits per heavy atom. The monoisotopic (exact) mass is 327 g/mol. The number of benzene rings is 2. The first-order valence-electron chi connectivity index (χ1n) is 7.87. The molecule has 0 bridgehead atoms. The summed E-state index contributed by atoms with van der Waals surface area (Å²) in [4.78, 5) is 13.4. The predicted octanol–water partition coefficient (Wildman–Crippen LogP) is 3.48. The van der Waals surface area contributed by atoms with E-state index in [9.17, 15) is 9.90 Å². The lowest BCUT2D eigenvalue weighted by atomic mass is 10.1. The number of aliphatic hydroxyl groups excluding tert-OH is 1. The van der Waals surface area contributed by atoms with E-state index in [-0.39, 0.29) is 17.9 Å². The fraction of sp³-hybridized carbons (Fsp3) is 0.316. The molecule has 23 heavy (non-hydrogen) atoms. The smallest absolute Gasteiger partial charge is 0.251 e. The van der Waals surface area contributed by atoms with Gasteiger partial charge in [-0.2, -0.15) is 0 Å². The van der Waals surface area contributed by atoms with E-state index in [0.29, 0.717) is 12.1 Å². The Hall–Kier alpha value is -1.78. The van der Waals surface area contributed by atoms with E-state index < -0.39 is 0 Å². The van der Waals surface area contributed by atoms with Gasteiger partial charge in [0.2, 0.25) is 0 Å². The van der Waals surface area contributed by atoms with Crippen molar-refractivity contribution in [3.05, 3.63) is 65.7 Å². The molecule has 0 saturated heterocycles. The van der Waals surface area contributed by atoms with E-state index in [4.69, 9.17) is 0 Å². The third-order valence-corrected chi connectivity index (χ3v) is 5.36. The van der Waals surface area contributed by atoms with Gasteiger partial charge >= 0.3 is 0 Å². The Morgan fingerprint density at radius 1 is 1.09 bits per heavy atom. The number of carbonyl (C=O) groups is 1. The van der Waals surface area contributed by atoms with Crippen molar-refractivity contribution in [1.29, 1.82) is 0 Å². The molecule has 0 spiro atoms. The van der Waals surface area contributed by atoms with Crippen LogP contribution in [0, 0.1) is 5.41 Å². The quantitative estimate of drug-likeness (QED) is 0.766. The van der Waals surface area contributed by atoms with Crippen LogP contribution in [-0.4, -0.2) is 24.2 Å². The molecule has 1 amide bonds. The zero-order valence-corrected chi connectivity index (χ0v) is 13.8. The van der Waals surface area contributed by atoms with Crippen LogP contribution in [0.2, 0.25) is 0 Å². The molecule has 0 aliphatic heterocycles. The largest absolute Gasteiger partial charge is 0.396 e. The average molecular weight is 327 g/mol. The summed E-state index contributed by atoms with van der Waals surface area (Å²) >= 11 is 1.78. The van der Waals surface area contributed by atoms with Crippen LogP contribution in [0.4, 0.5) is 0 Å². The van der Waals surface area contributed by atoms with Crippen molar-refractivity contribution in [1.82, 2.24) is 5.32 Å². The number of nitrogens with one attached hydrogen (secondary N) is 1. The molecule has 1 saturated carbocycles. The van der Waals surface area contributed by atoms with Gasteiger partial charge in [0.25, 0.3) is 5.91 Å². The maximum Gasteiger partial charge on any atom is 0.251 e. The first-order valence-corrected chi connectivity index (χ1v) is 8.85. The highest BCUT2D eigenvalue weighted by Gasteiger charge is 2.42. The van der Waals surface area contributed by atoms with Crippen molar-refractivity contribution in [3.8, 4) is 0 Å². The van der Waals surface area contributed by atoms with Gasteiger partial charge in [-0.05, 0) is 42.7 Å². The van der Waals surface area contributed by atoms with Gasteiger partial charge in [-0.1, -0.05) is 30.3 Å². The first kappa shape index (κ1) is 16.1. The minimum absolute atomic E-state index is 0.0536. The molecule has 120 valence electrons. The SMILES string of the molecule is O=C(NCC1(CO)CC1)c1ccc(CSc2ccccc2)cc1. The Labute approximate surface area is 141 Å². The molecule has 3 rings (SSSR count). The molecule has 0 unspecified atom stereocenters. The summed E-state index contributed by atoms with van der Waals surface area (Å²) in [7, 11) is 0. The zero-order chi connectivity index (χ0) is 16.1. The molecule has 2 N–H and O–H groups in total. The summed E-state index contributed by atoms with van der Waals surface area (Å²) in [5.74, 6) is 0.825. The third kappa shape index (κ3) is 4.36. The van der Waals surface area contributed by atoms with Gasteiger partial charge in [0.15, 0.2) is 0 Å². The van der Waals surface area contributed by atoms with Crippen molar-refractivity contribution in [2.24, 2.45) is 5.41 Å². The normalized spacial score (nSPS) is 15.2. The van der Waals surface area contributed by atoms with Crippen LogP contribution in [0.3, 0.4) is 0 Å². The van der Waals surface area contributed by atoms with Gasteiger partial charge < -0.3 is 10.4 Å². The standard InChI is InChI=1S/C19H21NO2S/c21-14-19(10-11-19)13-20-18(22)16-8-6-15(7-9-16)12-23-17-4-2-1-3-5-17/h1-9,21H,10-14H2,(H,20,22). The maximum absolute atomic E-state index is 12.1. The number of aliphatic hydroxyl groups is 1. The fourth-order valence-electron chi connectivity index (χ4n) is 2.37. The topological polar surface area (TPSA) is 49.3 Å². The van der Waals surface area contributed by atoms with Crippen LogP contribution >= 0.6 is 11.8 Å². The molecule has 1 aliphatic carbocycles. The van der Waals surface area contributed by atoms with Gasteiger partial charge in [-0.25, -0.2) is 0 Å². The molecular formula is C19H21NO2S. The zero-order valence-electron chi connectivity index (χ0n) is 13.0. The highest BCUT2D eigenvalue weighted by molar-refractivity contribution is 7.98. The Kier molecular flexibility index (Phi) is 5.03. The van der Waals surface area contributed by atoms with E-state index in [1.54, 1.807) is 11.8 Å². The number of hydrogen-bond donors (Lipinski definition) is 2. The van der Waals surface area contributed by atoms with Gasteiger partial charge in [0.1, 0.15) is 0 Å². The van der Waals surface area contributed by atoms with Crippen molar-refractivity contribution >= 4 is 17.7 Å². The number of carbonyl (C=O) groups excluding carboxylic acids is 1. The Bertz CT molecular complexity index is 651. The summed E-state index contributed by atoms with van der Waals surface area (Å²) in [5, 5.41) is 12.2. The lowest BCUT2D eigenvalue weighted by molar-refractivity contribution is 0.0935. The van der Waals surface area contributed by atoms with E-state index in [2.05, 4.69) is 17.4 Å². The second kappa shape index (κ2) is 7.20. The number of amides is 1. The molecule has 2 aromatic rings. The molecule has 0 aromatic heterocycles. The minimum Gasteiger partial charge on any atom is -0.396 e. The van der Waals surface area contributed by atoms with E-state index in [1.807, 2.05) is 42.5 Å². The average Bonchev–Trinajstić information content (AvgIpc) is 3.40. The van der Waals surface area contributed by atoms with Crippen molar-refractivity contribution in [3.63, 3.8) is 0 Å². The Balaban J connectivity index is 1.51. The van der Waals surface area contributed by atoms with Crippen LogP contribution in [-0.2, 0) is 5.75 Å². The third-order valence-electron chi connectivity index (χ3n) is 4.28. The fourth-order valence-corrected chi connectivity index (χ4v) is 3.25. The van der Waals surface area contributed by atoms with Crippen LogP contribution in [0.25, 0.3) is 0 Å². The van der Waals surface area contributed by atoms with Crippen LogP contribution in [0.5, 0.6) is 0 Å². The molecule has 1 fully saturated rings. The second-order valence-corrected chi connectivity index (χ2v) is 7.19. The van der Waals surface area contributed by atoms with Crippen LogP contribution < -0.4 is 5.32 Å². The first-order chi connectivity index (χ1) is 11.2. The van der Waals surface area contributed by atoms with Gasteiger partial charge in [-0.15, -0.1) is 11.8 Å². The van der Waals surface area contributed by atoms with Gasteiger partial charge in [0.05, 0.1) is 6.61 Å². The minimum atomic E-state index is -0.0630. The van der Waals surface area contributed by atoms with Crippen molar-refractivity contribution in [2.45, 2.75) is 23.5 Å². The second-order valence-electron chi connectivity index (χ2n) is 6.14. The lowest BCUT2D eigenvalue weighted by Gasteiger charge is -2.12. The Morgan fingerprint density at radius 3 is 2.39 bits per heavy atom. The molecule has 4 heteroatoms. The number of rotatable bonds is 7. The van der Waals surface area contributed by atoms with Crippen molar-refractivity contribution in [2.75, 3.05) is 13.2 Å².